The zero-order chi connectivity index (χ0) is 19.9. The number of hydrogen-bond donors (Lipinski definition) is 0. The van der Waals surface area contributed by atoms with E-state index in [9.17, 15) is 17.6 Å². The molecule has 0 bridgehead atoms. The Morgan fingerprint density at radius 2 is 1.83 bits per heavy atom. The van der Waals surface area contributed by atoms with Crippen LogP contribution in [0.3, 0.4) is 0 Å². The third-order valence-electron chi connectivity index (χ3n) is 3.68. The molecule has 130 valence electrons. The van der Waals surface area contributed by atoms with Crippen LogP contribution in [0.1, 0.15) is 39.2 Å². The number of methoxy groups -OCH3 is 1. The van der Waals surface area contributed by atoms with Gasteiger partial charge in [0.05, 0.1) is 12.7 Å². The van der Waals surface area contributed by atoms with E-state index in [0.29, 0.717) is 11.6 Å². The quantitative estimate of drug-likeness (QED) is 0.453. The number of alkyl halides is 4. The first-order valence-electron chi connectivity index (χ1n) is 8.14. The number of hydrogen-bond acceptors (Lipinski definition) is 1. The Kier molecular flexibility index (Phi) is 4.60. The second kappa shape index (κ2) is 7.01. The van der Waals surface area contributed by atoms with Crippen LogP contribution in [0.15, 0.2) is 30.3 Å². The lowest BCUT2D eigenvalue weighted by Crippen LogP contribution is -2.06. The molecule has 0 aliphatic carbocycles. The fourth-order valence-electron chi connectivity index (χ4n) is 2.43. The zero-order valence-corrected chi connectivity index (χ0v) is 14.0. The van der Waals surface area contributed by atoms with Gasteiger partial charge in [0, 0.05) is 20.2 Å². The number of rotatable bonds is 4. The highest BCUT2D eigenvalue weighted by Gasteiger charge is 2.31. The van der Waals surface area contributed by atoms with E-state index in [0.717, 1.165) is 18.2 Å². The molecular formula is C18H17ClF4O. The van der Waals surface area contributed by atoms with Gasteiger partial charge in [-0.15, -0.1) is 11.6 Å². The predicted molar refractivity (Wildman–Crippen MR) is 87.0 cm³/mol. The summed E-state index contributed by atoms with van der Waals surface area (Å²) in [5.41, 5.74) is -0.677. The summed E-state index contributed by atoms with van der Waals surface area (Å²) < 4.78 is 73.9. The van der Waals surface area contributed by atoms with E-state index in [1.807, 2.05) is 0 Å². The zero-order valence-electron chi connectivity index (χ0n) is 15.3. The average molecular weight is 363 g/mol. The van der Waals surface area contributed by atoms with Crippen LogP contribution in [0.25, 0.3) is 11.1 Å². The molecular weight excluding hydrogens is 344 g/mol. The second-order valence-electron chi connectivity index (χ2n) is 5.58. The highest BCUT2D eigenvalue weighted by atomic mass is 35.5. The monoisotopic (exact) mass is 362 g/mol. The molecule has 0 fully saturated rings. The van der Waals surface area contributed by atoms with Gasteiger partial charge >= 0.3 is 6.18 Å². The Balaban J connectivity index is 2.81. The molecule has 2 rings (SSSR count). The highest BCUT2D eigenvalue weighted by molar-refractivity contribution is 6.17. The lowest BCUT2D eigenvalue weighted by Gasteiger charge is -2.17. The second-order valence-corrected chi connectivity index (χ2v) is 5.77. The Bertz CT molecular complexity index is 814. The summed E-state index contributed by atoms with van der Waals surface area (Å²) in [6.07, 6.45) is -4.65. The topological polar surface area (TPSA) is 9.23 Å². The maximum atomic E-state index is 14.2. The molecule has 0 heterocycles. The van der Waals surface area contributed by atoms with E-state index >= 15 is 0 Å². The van der Waals surface area contributed by atoms with Gasteiger partial charge in [0.15, 0.2) is 0 Å². The summed E-state index contributed by atoms with van der Waals surface area (Å²) >= 11 is 5.72. The van der Waals surface area contributed by atoms with Gasteiger partial charge < -0.3 is 4.74 Å². The van der Waals surface area contributed by atoms with Crippen LogP contribution < -0.4 is 4.74 Å². The van der Waals surface area contributed by atoms with Crippen molar-refractivity contribution in [3.05, 3.63) is 52.8 Å². The van der Waals surface area contributed by atoms with Gasteiger partial charge in [0.1, 0.15) is 11.6 Å². The molecule has 6 heteroatoms. The van der Waals surface area contributed by atoms with Gasteiger partial charge in [-0.05, 0) is 40.8 Å². The first-order chi connectivity index (χ1) is 11.9. The summed E-state index contributed by atoms with van der Waals surface area (Å²) in [6.45, 7) is 3.53. The molecule has 0 aliphatic rings. The van der Waals surface area contributed by atoms with Gasteiger partial charge in [0.2, 0.25) is 0 Å². The first-order valence-corrected chi connectivity index (χ1v) is 7.52. The maximum Gasteiger partial charge on any atom is 0.416 e. The van der Waals surface area contributed by atoms with Gasteiger partial charge in [0.25, 0.3) is 0 Å². The molecule has 0 amide bonds. The fraction of sp³-hybridized carbons (Fsp3) is 0.333. The van der Waals surface area contributed by atoms with E-state index in [1.165, 1.54) is 13.2 Å². The Hall–Kier alpha value is -1.75. The average Bonchev–Trinajstić information content (AvgIpc) is 2.52. The molecule has 0 atom stereocenters. The van der Waals surface area contributed by atoms with Crippen LogP contribution in [0.5, 0.6) is 5.75 Å². The van der Waals surface area contributed by atoms with Gasteiger partial charge in [-0.1, -0.05) is 19.9 Å². The third-order valence-corrected chi connectivity index (χ3v) is 3.88. The minimum absolute atomic E-state index is 0.0776. The summed E-state index contributed by atoms with van der Waals surface area (Å²) in [5, 5.41) is 0. The van der Waals surface area contributed by atoms with Crippen LogP contribution in [0, 0.1) is 5.82 Å². The molecule has 0 saturated heterocycles. The highest BCUT2D eigenvalue weighted by Crippen LogP contribution is 2.39. The maximum absolute atomic E-state index is 14.2. The van der Waals surface area contributed by atoms with Crippen molar-refractivity contribution in [2.24, 2.45) is 0 Å². The van der Waals surface area contributed by atoms with Gasteiger partial charge in [-0.25, -0.2) is 4.39 Å². The van der Waals surface area contributed by atoms with Crippen molar-refractivity contribution in [3.8, 4) is 16.9 Å². The predicted octanol–water partition coefficient (Wildman–Crippen LogP) is 6.38. The Morgan fingerprint density at radius 1 is 1.17 bits per heavy atom. The summed E-state index contributed by atoms with van der Waals surface area (Å²) in [5.74, 6) is -3.18. The molecule has 2 aromatic carbocycles. The van der Waals surface area contributed by atoms with Crippen LogP contribution in [0.2, 0.25) is 0 Å². The molecule has 0 N–H and O–H groups in total. The summed E-state index contributed by atoms with van der Waals surface area (Å²) in [6, 6.07) is 5.21. The summed E-state index contributed by atoms with van der Waals surface area (Å²) in [7, 11) is 1.30. The van der Waals surface area contributed by atoms with E-state index in [1.54, 1.807) is 13.8 Å². The lowest BCUT2D eigenvalue weighted by atomic mass is 9.93. The normalized spacial score (nSPS) is 13.7. The van der Waals surface area contributed by atoms with E-state index < -0.39 is 23.4 Å². The van der Waals surface area contributed by atoms with Gasteiger partial charge in [-0.3, -0.25) is 0 Å². The molecule has 0 unspecified atom stereocenters. The SMILES string of the molecule is [2H]C([2H])(Cl)c1cc(C(F)(F)F)ccc1-c1cc(C(C)C)c(F)cc1OC. The minimum atomic E-state index is -4.65. The van der Waals surface area contributed by atoms with Crippen molar-refractivity contribution in [2.45, 2.75) is 31.8 Å². The third kappa shape index (κ3) is 3.66. The number of halogens is 5. The van der Waals surface area contributed by atoms with Crippen molar-refractivity contribution in [1.29, 1.82) is 0 Å². The molecule has 0 aliphatic heterocycles. The molecule has 0 spiro atoms. The number of ether oxygens (including phenoxy) is 1. The van der Waals surface area contributed by atoms with Crippen molar-refractivity contribution in [2.75, 3.05) is 7.11 Å². The van der Waals surface area contributed by atoms with Crippen molar-refractivity contribution in [3.63, 3.8) is 0 Å². The molecule has 1 nitrogen and oxygen atoms in total. The Morgan fingerprint density at radius 3 is 2.33 bits per heavy atom. The van der Waals surface area contributed by atoms with Gasteiger partial charge in [-0.2, -0.15) is 13.2 Å². The Labute approximate surface area is 146 Å². The lowest BCUT2D eigenvalue weighted by molar-refractivity contribution is -0.137. The van der Waals surface area contributed by atoms with Crippen molar-refractivity contribution < 1.29 is 25.0 Å². The smallest absolute Gasteiger partial charge is 0.416 e. The molecule has 0 aromatic heterocycles. The fourth-order valence-corrected chi connectivity index (χ4v) is 2.58. The molecule has 2 aromatic rings. The van der Waals surface area contributed by atoms with Crippen molar-refractivity contribution in [1.82, 2.24) is 0 Å². The van der Waals surface area contributed by atoms with Crippen molar-refractivity contribution >= 4 is 11.6 Å². The first kappa shape index (κ1) is 15.8. The van der Waals surface area contributed by atoms with E-state index in [-0.39, 0.29) is 28.4 Å². The minimum Gasteiger partial charge on any atom is -0.496 e. The van der Waals surface area contributed by atoms with Crippen LogP contribution in [-0.4, -0.2) is 7.11 Å². The van der Waals surface area contributed by atoms with Crippen LogP contribution in [-0.2, 0) is 12.0 Å². The van der Waals surface area contributed by atoms with Crippen LogP contribution >= 0.6 is 11.6 Å². The van der Waals surface area contributed by atoms with E-state index in [2.05, 4.69) is 0 Å². The standard InChI is InChI=1S/C18H17ClF4O/c1-10(2)14-7-15(17(24-3)8-16(14)20)13-5-4-12(18(21,22)23)6-11(13)9-19/h4-8,10H,9H2,1-3H3/i9D2. The largest absolute Gasteiger partial charge is 0.496 e. The molecule has 24 heavy (non-hydrogen) atoms. The van der Waals surface area contributed by atoms with E-state index in [4.69, 9.17) is 19.1 Å². The number of benzene rings is 2. The molecule has 0 saturated carbocycles. The summed E-state index contributed by atoms with van der Waals surface area (Å²) in [4.78, 5) is 0. The molecule has 0 radical (unpaired) electrons. The van der Waals surface area contributed by atoms with Crippen LogP contribution in [0.4, 0.5) is 17.6 Å².